The van der Waals surface area contributed by atoms with Crippen LogP contribution in [-0.2, 0) is 0 Å². The molecule has 0 fully saturated rings. The second kappa shape index (κ2) is 5.62. The van der Waals surface area contributed by atoms with Gasteiger partial charge in [0.15, 0.2) is 0 Å². The fourth-order valence-corrected chi connectivity index (χ4v) is 2.07. The van der Waals surface area contributed by atoms with Crippen LogP contribution in [0.1, 0.15) is 13.0 Å². The molecule has 0 atom stereocenters. The largest absolute Gasteiger partial charge is 0.0901 e. The van der Waals surface area contributed by atoms with Crippen molar-refractivity contribution in [1.29, 1.82) is 0 Å². The topological polar surface area (TPSA) is 0 Å². The highest BCUT2D eigenvalue weighted by Gasteiger charge is 1.94. The van der Waals surface area contributed by atoms with Crippen molar-refractivity contribution in [3.63, 3.8) is 0 Å². The average molecular weight is 216 g/mol. The van der Waals surface area contributed by atoms with Gasteiger partial charge in [-0.15, -0.1) is 0 Å². The highest BCUT2D eigenvalue weighted by molar-refractivity contribution is 7.99. The van der Waals surface area contributed by atoms with E-state index in [1.165, 1.54) is 15.4 Å². The summed E-state index contributed by atoms with van der Waals surface area (Å²) in [6.07, 6.45) is 0. The van der Waals surface area contributed by atoms with Crippen molar-refractivity contribution in [1.82, 2.24) is 0 Å². The Hall–Kier alpha value is -1.21. The lowest BCUT2D eigenvalue weighted by atomic mass is 10.2. The summed E-state index contributed by atoms with van der Waals surface area (Å²) in [5.74, 6) is 0. The lowest BCUT2D eigenvalue weighted by Gasteiger charge is -2.01. The van der Waals surface area contributed by atoms with E-state index in [2.05, 4.69) is 55.5 Å². The molecule has 0 nitrogen and oxygen atoms in total. The molecule has 0 saturated carbocycles. The van der Waals surface area contributed by atoms with Crippen molar-refractivity contribution in [3.8, 4) is 0 Å². The van der Waals surface area contributed by atoms with Gasteiger partial charge in [0.25, 0.3) is 0 Å². The molecular formula is C14H16S. The minimum absolute atomic E-state index is 0. The molecule has 0 radical (unpaired) electrons. The maximum Gasteiger partial charge on any atom is 0.0122 e. The highest BCUT2D eigenvalue weighted by Crippen LogP contribution is 2.26. The average Bonchev–Trinajstić information content (AvgIpc) is 2.23. The van der Waals surface area contributed by atoms with Gasteiger partial charge in [0.2, 0.25) is 0 Å². The number of hydrogen-bond acceptors (Lipinski definition) is 1. The first-order valence-corrected chi connectivity index (χ1v) is 5.46. The van der Waals surface area contributed by atoms with E-state index in [1.807, 2.05) is 6.07 Å². The Morgan fingerprint density at radius 3 is 1.87 bits per heavy atom. The Kier molecular flexibility index (Phi) is 4.44. The molecule has 0 bridgehead atoms. The van der Waals surface area contributed by atoms with Crippen LogP contribution in [0, 0.1) is 6.92 Å². The van der Waals surface area contributed by atoms with Gasteiger partial charge in [0.05, 0.1) is 0 Å². The second-order valence-corrected chi connectivity index (χ2v) is 4.38. The number of hydrogen-bond donors (Lipinski definition) is 0. The molecule has 0 aliphatic heterocycles. The van der Waals surface area contributed by atoms with Gasteiger partial charge in [-0.25, -0.2) is 0 Å². The summed E-state index contributed by atoms with van der Waals surface area (Å²) in [5, 5.41) is 0. The van der Waals surface area contributed by atoms with Crippen LogP contribution >= 0.6 is 11.8 Å². The lowest BCUT2D eigenvalue weighted by molar-refractivity contribution is 1.36. The van der Waals surface area contributed by atoms with Crippen LogP contribution in [0.5, 0.6) is 0 Å². The fraction of sp³-hybridized carbons (Fsp3) is 0.143. The van der Waals surface area contributed by atoms with Gasteiger partial charge in [0, 0.05) is 9.79 Å². The van der Waals surface area contributed by atoms with Gasteiger partial charge in [0.1, 0.15) is 0 Å². The van der Waals surface area contributed by atoms with Gasteiger partial charge in [-0.2, -0.15) is 0 Å². The molecule has 0 aliphatic rings. The Morgan fingerprint density at radius 1 is 0.733 bits per heavy atom. The zero-order valence-corrected chi connectivity index (χ0v) is 8.92. The Bertz CT molecular complexity index is 389. The molecule has 0 aromatic heterocycles. The van der Waals surface area contributed by atoms with Gasteiger partial charge in [-0.05, 0) is 31.2 Å². The molecular weight excluding hydrogens is 200 g/mol. The van der Waals surface area contributed by atoms with Crippen LogP contribution in [0.15, 0.2) is 64.4 Å². The third-order valence-electron chi connectivity index (χ3n) is 2.00. The van der Waals surface area contributed by atoms with E-state index in [9.17, 15) is 0 Å². The lowest BCUT2D eigenvalue weighted by Crippen LogP contribution is -1.74. The third-order valence-corrected chi connectivity index (χ3v) is 3.02. The maximum atomic E-state index is 2.16. The van der Waals surface area contributed by atoms with E-state index in [0.29, 0.717) is 0 Å². The third kappa shape index (κ3) is 3.45. The van der Waals surface area contributed by atoms with Crippen molar-refractivity contribution in [2.24, 2.45) is 0 Å². The molecule has 0 amide bonds. The van der Waals surface area contributed by atoms with E-state index in [0.717, 1.165) is 0 Å². The monoisotopic (exact) mass is 216 g/mol. The molecule has 0 N–H and O–H groups in total. The Morgan fingerprint density at radius 2 is 1.27 bits per heavy atom. The molecule has 0 heterocycles. The molecule has 78 valence electrons. The van der Waals surface area contributed by atoms with Gasteiger partial charge >= 0.3 is 0 Å². The van der Waals surface area contributed by atoms with E-state index >= 15 is 0 Å². The van der Waals surface area contributed by atoms with Crippen LogP contribution in [0.25, 0.3) is 0 Å². The van der Waals surface area contributed by atoms with Crippen LogP contribution in [0.4, 0.5) is 0 Å². The van der Waals surface area contributed by atoms with E-state index in [1.54, 1.807) is 11.8 Å². The molecule has 2 aromatic carbocycles. The fourth-order valence-electron chi connectivity index (χ4n) is 1.23. The van der Waals surface area contributed by atoms with Gasteiger partial charge < -0.3 is 0 Å². The second-order valence-electron chi connectivity index (χ2n) is 3.23. The predicted molar refractivity (Wildman–Crippen MR) is 68.5 cm³/mol. The number of rotatable bonds is 2. The maximum absolute atomic E-state index is 2.16. The minimum atomic E-state index is 0. The molecule has 2 aromatic rings. The van der Waals surface area contributed by atoms with Crippen LogP contribution in [-0.4, -0.2) is 0 Å². The standard InChI is InChI=1S/C13H12S.CH4/c1-11-7-9-13(10-8-11)14-12-5-3-2-4-6-12;/h2-10H,1H3;1H4. The summed E-state index contributed by atoms with van der Waals surface area (Å²) in [7, 11) is 0. The predicted octanol–water partition coefficient (Wildman–Crippen LogP) is 4.78. The quantitative estimate of drug-likeness (QED) is 0.696. The SMILES string of the molecule is C.Cc1ccc(Sc2ccccc2)cc1. The normalized spacial score (nSPS) is 9.40. The molecule has 0 spiro atoms. The van der Waals surface area contributed by atoms with Crippen molar-refractivity contribution in [2.75, 3.05) is 0 Å². The van der Waals surface area contributed by atoms with Crippen molar-refractivity contribution < 1.29 is 0 Å². The zero-order chi connectivity index (χ0) is 9.80. The summed E-state index contributed by atoms with van der Waals surface area (Å²) in [6.45, 7) is 2.11. The first-order chi connectivity index (χ1) is 6.84. The summed E-state index contributed by atoms with van der Waals surface area (Å²) in [4.78, 5) is 2.58. The molecule has 0 unspecified atom stereocenters. The van der Waals surface area contributed by atoms with Gasteiger partial charge in [-0.1, -0.05) is 55.1 Å². The molecule has 0 saturated heterocycles. The molecule has 0 aliphatic carbocycles. The number of aryl methyl sites for hydroxylation is 1. The Balaban J connectivity index is 0.00000112. The highest BCUT2D eigenvalue weighted by atomic mass is 32.2. The van der Waals surface area contributed by atoms with E-state index < -0.39 is 0 Å². The molecule has 2 rings (SSSR count). The van der Waals surface area contributed by atoms with Crippen molar-refractivity contribution in [2.45, 2.75) is 24.1 Å². The first-order valence-electron chi connectivity index (χ1n) is 4.64. The zero-order valence-electron chi connectivity index (χ0n) is 8.10. The van der Waals surface area contributed by atoms with Crippen LogP contribution in [0.3, 0.4) is 0 Å². The first kappa shape index (κ1) is 11.9. The summed E-state index contributed by atoms with van der Waals surface area (Å²) < 4.78 is 0. The summed E-state index contributed by atoms with van der Waals surface area (Å²) in [6, 6.07) is 19.0. The number of benzene rings is 2. The van der Waals surface area contributed by atoms with Crippen LogP contribution in [0.2, 0.25) is 0 Å². The Labute approximate surface area is 96.3 Å². The van der Waals surface area contributed by atoms with Gasteiger partial charge in [-0.3, -0.25) is 0 Å². The summed E-state index contributed by atoms with van der Waals surface area (Å²) in [5.41, 5.74) is 1.31. The molecule has 1 heteroatoms. The van der Waals surface area contributed by atoms with E-state index in [-0.39, 0.29) is 7.43 Å². The summed E-state index contributed by atoms with van der Waals surface area (Å²) >= 11 is 1.80. The van der Waals surface area contributed by atoms with Crippen LogP contribution < -0.4 is 0 Å². The van der Waals surface area contributed by atoms with Crippen molar-refractivity contribution in [3.05, 3.63) is 60.2 Å². The minimum Gasteiger partial charge on any atom is -0.0901 e. The smallest absolute Gasteiger partial charge is 0.0122 e. The van der Waals surface area contributed by atoms with Crippen molar-refractivity contribution >= 4 is 11.8 Å². The van der Waals surface area contributed by atoms with E-state index in [4.69, 9.17) is 0 Å². The molecule has 15 heavy (non-hydrogen) atoms.